The van der Waals surface area contributed by atoms with Gasteiger partial charge in [-0.15, -0.1) is 5.10 Å². The van der Waals surface area contributed by atoms with E-state index in [9.17, 15) is 4.79 Å². The molecule has 0 bridgehead atoms. The molecule has 3 heterocycles. The molecule has 0 saturated heterocycles. The molecule has 0 amide bonds. The van der Waals surface area contributed by atoms with E-state index < -0.39 is 6.04 Å². The van der Waals surface area contributed by atoms with Crippen LogP contribution in [0.25, 0.3) is 10.9 Å². The van der Waals surface area contributed by atoms with Gasteiger partial charge in [0.1, 0.15) is 6.04 Å². The van der Waals surface area contributed by atoms with Gasteiger partial charge in [0.05, 0.1) is 12.2 Å². The van der Waals surface area contributed by atoms with Crippen molar-refractivity contribution in [3.63, 3.8) is 0 Å². The molecule has 1 aliphatic heterocycles. The second-order valence-corrected chi connectivity index (χ2v) is 8.97. The fourth-order valence-corrected chi connectivity index (χ4v) is 5.15. The Balaban J connectivity index is 1.56. The number of fused-ring (bicyclic) bond motifs is 2. The molecule has 0 aliphatic carbocycles. The number of para-hydroxylation sites is 1. The molecular formula is C24H22ClN5O2S. The number of nitrogens with zero attached hydrogens (tertiary/aromatic N) is 3. The van der Waals surface area contributed by atoms with Crippen LogP contribution in [-0.4, -0.2) is 32.3 Å². The minimum atomic E-state index is -0.474. The number of benzene rings is 2. The molecule has 1 aliphatic rings. The lowest BCUT2D eigenvalue weighted by atomic mass is 9.95. The average Bonchev–Trinajstić information content (AvgIpc) is 3.41. The maximum Gasteiger partial charge on any atom is 0.338 e. The van der Waals surface area contributed by atoms with Gasteiger partial charge in [-0.2, -0.15) is 4.98 Å². The predicted molar refractivity (Wildman–Crippen MR) is 130 cm³/mol. The van der Waals surface area contributed by atoms with E-state index in [1.807, 2.05) is 61.7 Å². The molecule has 5 rings (SSSR count). The Morgan fingerprint density at radius 3 is 2.82 bits per heavy atom. The third kappa shape index (κ3) is 4.00. The lowest BCUT2D eigenvalue weighted by molar-refractivity contribution is -0.139. The topological polar surface area (TPSA) is 84.8 Å². The molecule has 0 radical (unpaired) electrons. The number of hydrogen-bond donors (Lipinski definition) is 2. The van der Waals surface area contributed by atoms with Crippen molar-refractivity contribution in [3.05, 3.63) is 82.1 Å². The molecule has 0 fully saturated rings. The Bertz CT molecular complexity index is 1380. The average molecular weight is 480 g/mol. The van der Waals surface area contributed by atoms with E-state index in [1.54, 1.807) is 11.6 Å². The Kier molecular flexibility index (Phi) is 5.86. The zero-order valence-electron chi connectivity index (χ0n) is 18.1. The van der Waals surface area contributed by atoms with E-state index >= 15 is 0 Å². The highest BCUT2D eigenvalue weighted by Gasteiger charge is 2.36. The van der Waals surface area contributed by atoms with Crippen LogP contribution in [0.2, 0.25) is 5.02 Å². The quantitative estimate of drug-likeness (QED) is 0.278. The highest BCUT2D eigenvalue weighted by atomic mass is 35.5. The van der Waals surface area contributed by atoms with Gasteiger partial charge in [0.25, 0.3) is 0 Å². The summed E-state index contributed by atoms with van der Waals surface area (Å²) in [6.07, 6.45) is 1.93. The second-order valence-electron chi connectivity index (χ2n) is 7.62. The maximum atomic E-state index is 13.0. The third-order valence-corrected chi connectivity index (χ3v) is 6.81. The molecule has 168 valence electrons. The maximum absolute atomic E-state index is 13.0. The summed E-state index contributed by atoms with van der Waals surface area (Å²) in [4.78, 5) is 21.0. The molecule has 1 unspecified atom stereocenters. The van der Waals surface area contributed by atoms with Crippen LogP contribution in [0.3, 0.4) is 0 Å². The molecule has 7 nitrogen and oxygen atoms in total. The van der Waals surface area contributed by atoms with Gasteiger partial charge >= 0.3 is 5.97 Å². The number of ether oxygens (including phenoxy) is 1. The SMILES string of the molecule is CCOC(=O)C1=C(C)Nc2nc(SCc3ccccc3Cl)nn2C1c1c[nH]c2ccccc12. The van der Waals surface area contributed by atoms with Crippen molar-refractivity contribution in [1.29, 1.82) is 0 Å². The summed E-state index contributed by atoms with van der Waals surface area (Å²) in [5, 5.41) is 10.3. The minimum absolute atomic E-state index is 0.291. The molecule has 4 aromatic rings. The lowest BCUT2D eigenvalue weighted by Crippen LogP contribution is -2.29. The molecule has 2 aromatic carbocycles. The number of aromatic nitrogens is 4. The van der Waals surface area contributed by atoms with E-state index in [0.717, 1.165) is 22.0 Å². The van der Waals surface area contributed by atoms with Crippen molar-refractivity contribution >= 4 is 46.2 Å². The number of thioether (sulfide) groups is 1. The molecular weight excluding hydrogens is 458 g/mol. The van der Waals surface area contributed by atoms with Crippen molar-refractivity contribution < 1.29 is 9.53 Å². The summed E-state index contributed by atoms with van der Waals surface area (Å²) in [5.74, 6) is 0.847. The smallest absolute Gasteiger partial charge is 0.338 e. The first-order valence-electron chi connectivity index (χ1n) is 10.6. The monoisotopic (exact) mass is 479 g/mol. The van der Waals surface area contributed by atoms with Gasteiger partial charge < -0.3 is 15.0 Å². The van der Waals surface area contributed by atoms with E-state index in [4.69, 9.17) is 26.4 Å². The van der Waals surface area contributed by atoms with Crippen LogP contribution in [0.5, 0.6) is 0 Å². The van der Waals surface area contributed by atoms with E-state index in [2.05, 4.69) is 10.3 Å². The normalized spacial score (nSPS) is 15.4. The van der Waals surface area contributed by atoms with Gasteiger partial charge in [0, 0.05) is 39.1 Å². The minimum Gasteiger partial charge on any atom is -0.463 e. The van der Waals surface area contributed by atoms with E-state index in [0.29, 0.717) is 39.8 Å². The van der Waals surface area contributed by atoms with Gasteiger partial charge in [-0.25, -0.2) is 9.48 Å². The Hall–Kier alpha value is -3.23. The van der Waals surface area contributed by atoms with Crippen molar-refractivity contribution in [2.24, 2.45) is 0 Å². The van der Waals surface area contributed by atoms with Gasteiger partial charge in [0.2, 0.25) is 11.1 Å². The van der Waals surface area contributed by atoms with E-state index in [1.165, 1.54) is 11.8 Å². The standard InChI is InChI=1S/C24H22ClN5O2S/c1-3-32-22(31)20-14(2)27-23-28-24(33-13-15-8-4-6-10-18(15)25)29-30(23)21(20)17-12-26-19-11-7-5-9-16(17)19/h4-12,21,26H,3,13H2,1-2H3,(H,27,28,29). The zero-order valence-corrected chi connectivity index (χ0v) is 19.7. The van der Waals surface area contributed by atoms with Crippen LogP contribution < -0.4 is 5.32 Å². The number of rotatable bonds is 6. The molecule has 9 heteroatoms. The van der Waals surface area contributed by atoms with Crippen LogP contribution in [0.4, 0.5) is 5.95 Å². The first-order valence-corrected chi connectivity index (χ1v) is 12.0. The number of carbonyl (C=O) groups excluding carboxylic acids is 1. The molecule has 1 atom stereocenters. The largest absolute Gasteiger partial charge is 0.463 e. The number of carbonyl (C=O) groups is 1. The Labute approximate surface area is 200 Å². The zero-order chi connectivity index (χ0) is 22.9. The molecule has 33 heavy (non-hydrogen) atoms. The van der Waals surface area contributed by atoms with Crippen LogP contribution in [-0.2, 0) is 15.3 Å². The number of H-pyrrole nitrogens is 1. The van der Waals surface area contributed by atoms with Crippen molar-refractivity contribution in [3.8, 4) is 0 Å². The summed E-state index contributed by atoms with van der Waals surface area (Å²) >= 11 is 7.80. The van der Waals surface area contributed by atoms with Gasteiger partial charge in [0.15, 0.2) is 0 Å². The fourth-order valence-electron chi connectivity index (χ4n) is 4.03. The van der Waals surface area contributed by atoms with Crippen molar-refractivity contribution in [1.82, 2.24) is 19.7 Å². The molecule has 0 spiro atoms. The molecule has 2 N–H and O–H groups in total. The Morgan fingerprint density at radius 1 is 1.21 bits per heavy atom. The molecule has 0 saturated carbocycles. The number of esters is 1. The fraction of sp³-hybridized carbons (Fsp3) is 0.208. The molecule has 2 aromatic heterocycles. The van der Waals surface area contributed by atoms with E-state index in [-0.39, 0.29) is 5.97 Å². The summed E-state index contributed by atoms with van der Waals surface area (Å²) in [6.45, 7) is 3.96. The van der Waals surface area contributed by atoms with Crippen LogP contribution in [0.15, 0.2) is 71.2 Å². The first kappa shape index (κ1) is 21.6. The summed E-state index contributed by atoms with van der Waals surface area (Å²) < 4.78 is 7.17. The van der Waals surface area contributed by atoms with Crippen LogP contribution in [0, 0.1) is 0 Å². The number of nitrogens with one attached hydrogen (secondary N) is 2. The van der Waals surface area contributed by atoms with Crippen molar-refractivity contribution in [2.45, 2.75) is 30.8 Å². The van der Waals surface area contributed by atoms with Crippen LogP contribution >= 0.6 is 23.4 Å². The number of allylic oxidation sites excluding steroid dienone is 1. The summed E-state index contributed by atoms with van der Waals surface area (Å²) in [5.41, 5.74) is 4.15. The van der Waals surface area contributed by atoms with Gasteiger partial charge in [-0.3, -0.25) is 0 Å². The summed E-state index contributed by atoms with van der Waals surface area (Å²) in [7, 11) is 0. The number of aromatic amines is 1. The van der Waals surface area contributed by atoms with Crippen LogP contribution in [0.1, 0.15) is 31.0 Å². The highest BCUT2D eigenvalue weighted by molar-refractivity contribution is 7.98. The van der Waals surface area contributed by atoms with Crippen molar-refractivity contribution in [2.75, 3.05) is 11.9 Å². The predicted octanol–water partition coefficient (Wildman–Crippen LogP) is 5.56. The van der Waals surface area contributed by atoms with Gasteiger partial charge in [-0.1, -0.05) is 59.8 Å². The number of halogens is 1. The Morgan fingerprint density at radius 2 is 2.00 bits per heavy atom. The third-order valence-electron chi connectivity index (χ3n) is 5.56. The number of hydrogen-bond acceptors (Lipinski definition) is 6. The first-order chi connectivity index (χ1) is 16.1. The second kappa shape index (κ2) is 8.96. The highest BCUT2D eigenvalue weighted by Crippen LogP contribution is 2.39. The number of anilines is 1. The summed E-state index contributed by atoms with van der Waals surface area (Å²) in [6, 6.07) is 15.3. The van der Waals surface area contributed by atoms with Gasteiger partial charge in [-0.05, 0) is 31.5 Å². The lowest BCUT2D eigenvalue weighted by Gasteiger charge is -2.27.